The molecule has 0 spiro atoms. The molecule has 0 atom stereocenters. The molecule has 2 aromatic carbocycles. The molecule has 1 N–H and O–H groups in total. The number of hydrogen-bond acceptors (Lipinski definition) is 5. The fraction of sp³-hybridized carbons (Fsp3) is 0.167. The lowest BCUT2D eigenvalue weighted by atomic mass is 10.1. The molecule has 0 radical (unpaired) electrons. The zero-order chi connectivity index (χ0) is 18.7. The minimum absolute atomic E-state index is 0.305. The summed E-state index contributed by atoms with van der Waals surface area (Å²) in [5.41, 5.74) is 4.05. The van der Waals surface area contributed by atoms with Gasteiger partial charge in [-0.05, 0) is 43.2 Å². The van der Waals surface area contributed by atoms with E-state index in [4.69, 9.17) is 23.2 Å². The van der Waals surface area contributed by atoms with Gasteiger partial charge in [0.15, 0.2) is 4.34 Å². The summed E-state index contributed by atoms with van der Waals surface area (Å²) in [6, 6.07) is 11.1. The molecule has 3 aromatic rings. The number of hydrogen-bond donors (Lipinski definition) is 1. The zero-order valence-corrected chi connectivity index (χ0v) is 17.2. The van der Waals surface area contributed by atoms with E-state index in [0.29, 0.717) is 20.7 Å². The fourth-order valence-electron chi connectivity index (χ4n) is 2.25. The lowest BCUT2D eigenvalue weighted by molar-refractivity contribution is 0.102. The minimum atomic E-state index is -0.361. The van der Waals surface area contributed by atoms with Crippen molar-refractivity contribution in [2.45, 2.75) is 23.9 Å². The number of aromatic nitrogens is 2. The van der Waals surface area contributed by atoms with Gasteiger partial charge in [0.25, 0.3) is 5.91 Å². The van der Waals surface area contributed by atoms with Crippen molar-refractivity contribution >= 4 is 57.3 Å². The normalized spacial score (nSPS) is 10.8. The number of nitrogens with zero attached hydrogens (tertiary/aromatic N) is 2. The third-order valence-corrected chi connectivity index (χ3v) is 6.24. The average molecular weight is 424 g/mol. The van der Waals surface area contributed by atoms with Gasteiger partial charge in [0.1, 0.15) is 0 Å². The van der Waals surface area contributed by atoms with E-state index < -0.39 is 0 Å². The molecule has 26 heavy (non-hydrogen) atoms. The van der Waals surface area contributed by atoms with E-state index in [9.17, 15) is 4.79 Å². The predicted octanol–water partition coefficient (Wildman–Crippen LogP) is 6.01. The standard InChI is InChI=1S/C18H15Cl2N3OS2/c1-10-3-4-11(2)12(7-10)9-25-18-23-22-17(26-18)21-16(24)14-8-13(19)5-6-15(14)20/h3-8H,9H2,1-2H3,(H,21,22,24). The molecule has 0 aliphatic rings. The SMILES string of the molecule is Cc1ccc(C)c(CSc2nnc(NC(=O)c3cc(Cl)ccc3Cl)s2)c1. The van der Waals surface area contributed by atoms with E-state index in [2.05, 4.69) is 47.6 Å². The van der Waals surface area contributed by atoms with Crippen molar-refractivity contribution in [3.8, 4) is 0 Å². The van der Waals surface area contributed by atoms with E-state index in [-0.39, 0.29) is 5.91 Å². The van der Waals surface area contributed by atoms with Crippen LogP contribution >= 0.6 is 46.3 Å². The van der Waals surface area contributed by atoms with Gasteiger partial charge in [-0.1, -0.05) is 70.1 Å². The molecule has 0 saturated heterocycles. The van der Waals surface area contributed by atoms with Crippen LogP contribution < -0.4 is 5.32 Å². The van der Waals surface area contributed by atoms with Crippen molar-refractivity contribution in [2.75, 3.05) is 5.32 Å². The maximum atomic E-state index is 12.3. The largest absolute Gasteiger partial charge is 0.296 e. The number of aryl methyl sites for hydroxylation is 2. The van der Waals surface area contributed by atoms with Crippen molar-refractivity contribution in [3.05, 3.63) is 68.7 Å². The fourth-order valence-corrected chi connectivity index (χ4v) is 4.44. The highest BCUT2D eigenvalue weighted by atomic mass is 35.5. The summed E-state index contributed by atoms with van der Waals surface area (Å²) >= 11 is 14.9. The lowest BCUT2D eigenvalue weighted by Crippen LogP contribution is -2.12. The summed E-state index contributed by atoms with van der Waals surface area (Å²) in [5, 5.41) is 12.1. The molecule has 1 amide bonds. The van der Waals surface area contributed by atoms with Crippen LogP contribution in [0.1, 0.15) is 27.0 Å². The average Bonchev–Trinajstić information content (AvgIpc) is 3.05. The topological polar surface area (TPSA) is 54.9 Å². The number of carbonyl (C=O) groups is 1. The molecule has 134 valence electrons. The highest BCUT2D eigenvalue weighted by Crippen LogP contribution is 2.30. The van der Waals surface area contributed by atoms with Crippen molar-refractivity contribution in [1.29, 1.82) is 0 Å². The van der Waals surface area contributed by atoms with Crippen LogP contribution in [0.3, 0.4) is 0 Å². The minimum Gasteiger partial charge on any atom is -0.296 e. The van der Waals surface area contributed by atoms with Crippen LogP contribution in [0.5, 0.6) is 0 Å². The molecule has 0 aliphatic heterocycles. The van der Waals surface area contributed by atoms with Crippen LogP contribution in [0.2, 0.25) is 10.0 Å². The maximum absolute atomic E-state index is 12.3. The van der Waals surface area contributed by atoms with E-state index in [0.717, 1.165) is 10.1 Å². The molecule has 1 heterocycles. The van der Waals surface area contributed by atoms with Crippen LogP contribution in [0.4, 0.5) is 5.13 Å². The first kappa shape index (κ1) is 19.2. The first-order valence-corrected chi connectivity index (χ1v) is 10.3. The highest BCUT2D eigenvalue weighted by molar-refractivity contribution is 8.00. The molecule has 3 rings (SSSR count). The Bertz CT molecular complexity index is 959. The van der Waals surface area contributed by atoms with Crippen molar-refractivity contribution in [2.24, 2.45) is 0 Å². The first-order chi connectivity index (χ1) is 12.4. The van der Waals surface area contributed by atoms with Crippen LogP contribution in [0.15, 0.2) is 40.7 Å². The Hall–Kier alpha value is -1.60. The Morgan fingerprint density at radius 2 is 1.96 bits per heavy atom. The van der Waals surface area contributed by atoms with E-state index in [1.165, 1.54) is 34.1 Å². The van der Waals surface area contributed by atoms with Gasteiger partial charge in [-0.3, -0.25) is 10.1 Å². The first-order valence-electron chi connectivity index (χ1n) is 7.71. The van der Waals surface area contributed by atoms with Gasteiger partial charge in [-0.25, -0.2) is 0 Å². The molecular weight excluding hydrogens is 409 g/mol. The molecule has 0 aliphatic carbocycles. The zero-order valence-electron chi connectivity index (χ0n) is 14.0. The number of anilines is 1. The summed E-state index contributed by atoms with van der Waals surface area (Å²) < 4.78 is 0.790. The summed E-state index contributed by atoms with van der Waals surface area (Å²) in [6.45, 7) is 4.17. The molecule has 1 aromatic heterocycles. The second-order valence-electron chi connectivity index (χ2n) is 5.67. The Morgan fingerprint density at radius 3 is 2.77 bits per heavy atom. The molecular formula is C18H15Cl2N3OS2. The van der Waals surface area contributed by atoms with Crippen LogP contribution in [0, 0.1) is 13.8 Å². The quantitative estimate of drug-likeness (QED) is 0.403. The van der Waals surface area contributed by atoms with Crippen molar-refractivity contribution < 1.29 is 4.79 Å². The second-order valence-corrected chi connectivity index (χ2v) is 8.71. The Kier molecular flexibility index (Phi) is 6.19. The van der Waals surface area contributed by atoms with Crippen LogP contribution in [0.25, 0.3) is 0 Å². The number of benzene rings is 2. The van der Waals surface area contributed by atoms with Crippen LogP contribution in [-0.4, -0.2) is 16.1 Å². The lowest BCUT2D eigenvalue weighted by Gasteiger charge is -2.05. The van der Waals surface area contributed by atoms with Gasteiger partial charge < -0.3 is 0 Å². The molecule has 4 nitrogen and oxygen atoms in total. The van der Waals surface area contributed by atoms with Crippen LogP contribution in [-0.2, 0) is 5.75 Å². The summed E-state index contributed by atoms with van der Waals surface area (Å²) in [7, 11) is 0. The van der Waals surface area contributed by atoms with Gasteiger partial charge in [0.2, 0.25) is 5.13 Å². The highest BCUT2D eigenvalue weighted by Gasteiger charge is 2.14. The summed E-state index contributed by atoms with van der Waals surface area (Å²) in [5.74, 6) is 0.440. The number of carbonyl (C=O) groups excluding carboxylic acids is 1. The molecule has 0 unspecified atom stereocenters. The van der Waals surface area contributed by atoms with Gasteiger partial charge in [-0.15, -0.1) is 10.2 Å². The molecule has 0 bridgehead atoms. The predicted molar refractivity (Wildman–Crippen MR) is 110 cm³/mol. The Morgan fingerprint density at radius 1 is 1.15 bits per heavy atom. The monoisotopic (exact) mass is 423 g/mol. The molecule has 0 saturated carbocycles. The maximum Gasteiger partial charge on any atom is 0.259 e. The number of halogens is 2. The summed E-state index contributed by atoms with van der Waals surface area (Å²) in [6.07, 6.45) is 0. The van der Waals surface area contributed by atoms with E-state index >= 15 is 0 Å². The number of nitrogens with one attached hydrogen (secondary N) is 1. The summed E-state index contributed by atoms with van der Waals surface area (Å²) in [4.78, 5) is 12.3. The smallest absolute Gasteiger partial charge is 0.259 e. The van der Waals surface area contributed by atoms with Gasteiger partial charge in [0, 0.05) is 10.8 Å². The van der Waals surface area contributed by atoms with Gasteiger partial charge in [0.05, 0.1) is 10.6 Å². The third-order valence-electron chi connectivity index (χ3n) is 3.66. The van der Waals surface area contributed by atoms with Crippen molar-refractivity contribution in [3.63, 3.8) is 0 Å². The Balaban J connectivity index is 1.65. The Labute approximate surface area is 169 Å². The van der Waals surface area contributed by atoms with Gasteiger partial charge in [-0.2, -0.15) is 0 Å². The van der Waals surface area contributed by atoms with E-state index in [1.54, 1.807) is 23.9 Å². The number of amides is 1. The third kappa shape index (κ3) is 4.76. The second kappa shape index (κ2) is 8.39. The number of thioether (sulfide) groups is 1. The molecule has 8 heteroatoms. The van der Waals surface area contributed by atoms with E-state index in [1.807, 2.05) is 0 Å². The van der Waals surface area contributed by atoms with Gasteiger partial charge >= 0.3 is 0 Å². The van der Waals surface area contributed by atoms with Crippen molar-refractivity contribution in [1.82, 2.24) is 10.2 Å². The molecule has 0 fully saturated rings. The number of rotatable bonds is 5.